The summed E-state index contributed by atoms with van der Waals surface area (Å²) in [6.45, 7) is 1.27. The standard InChI is InChI=1S/C18H14O7S/c1-5(19)18-11-8(4-26-18)15(23)13-12(17(11)25)14(22)7-2-6(20)3-9(21)10(7)16(13)24/h4,6,9,20-22,24H,2-3H2,1H3/t6-,9+/m1/s1. The van der Waals surface area contributed by atoms with Crippen molar-refractivity contribution in [1.29, 1.82) is 0 Å². The first kappa shape index (κ1) is 16.9. The van der Waals surface area contributed by atoms with Crippen LogP contribution in [0.2, 0.25) is 0 Å². The van der Waals surface area contributed by atoms with Crippen LogP contribution in [0.5, 0.6) is 11.5 Å². The van der Waals surface area contributed by atoms with E-state index < -0.39 is 35.3 Å². The molecule has 134 valence electrons. The number of aliphatic hydroxyl groups excluding tert-OH is 2. The average Bonchev–Trinajstić information content (AvgIpc) is 3.01. The van der Waals surface area contributed by atoms with Gasteiger partial charge in [-0.2, -0.15) is 0 Å². The minimum Gasteiger partial charge on any atom is -0.507 e. The highest BCUT2D eigenvalue weighted by atomic mass is 32.1. The number of hydrogen-bond donors (Lipinski definition) is 4. The number of Topliss-reactive ketones (excluding diaryl/α,β-unsaturated/α-hetero) is 1. The van der Waals surface area contributed by atoms with E-state index >= 15 is 0 Å². The monoisotopic (exact) mass is 374 g/mol. The Morgan fingerprint density at radius 1 is 1.08 bits per heavy atom. The third-order valence-electron chi connectivity index (χ3n) is 4.89. The van der Waals surface area contributed by atoms with Gasteiger partial charge in [-0.05, 0) is 6.92 Å². The SMILES string of the molecule is CC(=O)c1scc2c1C(=O)c1c(O)c3c(c(O)c1C2=O)[C@@H](O)C[C@H](O)C3. The van der Waals surface area contributed by atoms with E-state index in [1.807, 2.05) is 0 Å². The van der Waals surface area contributed by atoms with Crippen molar-refractivity contribution in [3.63, 3.8) is 0 Å². The zero-order valence-electron chi connectivity index (χ0n) is 13.6. The Balaban J connectivity index is 2.06. The largest absolute Gasteiger partial charge is 0.507 e. The molecule has 0 unspecified atom stereocenters. The normalized spacial score (nSPS) is 21.2. The molecule has 2 aliphatic carbocycles. The van der Waals surface area contributed by atoms with Crippen molar-refractivity contribution < 1.29 is 34.8 Å². The first-order valence-electron chi connectivity index (χ1n) is 7.92. The summed E-state index contributed by atoms with van der Waals surface area (Å²) in [5.41, 5.74) is -0.845. The van der Waals surface area contributed by atoms with Crippen molar-refractivity contribution in [2.75, 3.05) is 0 Å². The summed E-state index contributed by atoms with van der Waals surface area (Å²) < 4.78 is 0. The molecule has 4 rings (SSSR count). The number of aromatic hydroxyl groups is 2. The molecule has 7 nitrogen and oxygen atoms in total. The second kappa shape index (κ2) is 5.47. The van der Waals surface area contributed by atoms with E-state index in [9.17, 15) is 34.8 Å². The predicted molar refractivity (Wildman–Crippen MR) is 90.2 cm³/mol. The lowest BCUT2D eigenvalue weighted by atomic mass is 9.77. The number of fused-ring (bicyclic) bond motifs is 3. The first-order valence-corrected chi connectivity index (χ1v) is 8.80. The van der Waals surface area contributed by atoms with Crippen molar-refractivity contribution in [3.05, 3.63) is 43.6 Å². The number of hydrogen-bond acceptors (Lipinski definition) is 8. The maximum absolute atomic E-state index is 13.0. The quantitative estimate of drug-likeness (QED) is 0.375. The molecule has 4 N–H and O–H groups in total. The maximum atomic E-state index is 13.0. The molecule has 0 saturated heterocycles. The number of ketones is 3. The summed E-state index contributed by atoms with van der Waals surface area (Å²) >= 11 is 0.953. The van der Waals surface area contributed by atoms with Gasteiger partial charge in [0.15, 0.2) is 17.3 Å². The predicted octanol–water partition coefficient (Wildman–Crippen LogP) is 1.48. The van der Waals surface area contributed by atoms with E-state index in [0.29, 0.717) is 0 Å². The molecule has 0 fully saturated rings. The Bertz CT molecular complexity index is 1020. The number of benzene rings is 1. The lowest BCUT2D eigenvalue weighted by molar-refractivity contribution is 0.0653. The van der Waals surface area contributed by atoms with E-state index in [0.717, 1.165) is 11.3 Å². The fourth-order valence-corrected chi connectivity index (χ4v) is 4.71. The summed E-state index contributed by atoms with van der Waals surface area (Å²) in [4.78, 5) is 37.7. The maximum Gasteiger partial charge on any atom is 0.199 e. The zero-order valence-corrected chi connectivity index (χ0v) is 14.4. The van der Waals surface area contributed by atoms with E-state index in [1.165, 1.54) is 12.3 Å². The fourth-order valence-electron chi connectivity index (χ4n) is 3.76. The lowest BCUT2D eigenvalue weighted by Crippen LogP contribution is -2.27. The van der Waals surface area contributed by atoms with Gasteiger partial charge >= 0.3 is 0 Å². The molecule has 0 bridgehead atoms. The van der Waals surface area contributed by atoms with E-state index in [4.69, 9.17) is 0 Å². The Kier molecular flexibility index (Phi) is 3.56. The molecule has 2 aliphatic rings. The van der Waals surface area contributed by atoms with E-state index in [-0.39, 0.29) is 56.9 Å². The van der Waals surface area contributed by atoms with Crippen LogP contribution in [-0.2, 0) is 6.42 Å². The molecular weight excluding hydrogens is 360 g/mol. The van der Waals surface area contributed by atoms with E-state index in [1.54, 1.807) is 0 Å². The molecule has 8 heteroatoms. The minimum atomic E-state index is -1.27. The molecule has 0 radical (unpaired) electrons. The van der Waals surface area contributed by atoms with Crippen molar-refractivity contribution in [1.82, 2.24) is 0 Å². The highest BCUT2D eigenvalue weighted by Crippen LogP contribution is 2.49. The number of rotatable bonds is 1. The second-order valence-electron chi connectivity index (χ2n) is 6.52. The van der Waals surface area contributed by atoms with E-state index in [2.05, 4.69) is 0 Å². The van der Waals surface area contributed by atoms with Crippen LogP contribution in [0.1, 0.15) is 72.1 Å². The third-order valence-corrected chi connectivity index (χ3v) is 5.98. The molecular formula is C18H14O7S. The zero-order chi connectivity index (χ0) is 18.9. The number of aliphatic hydroxyl groups is 2. The molecule has 0 amide bonds. The van der Waals surface area contributed by atoms with Crippen LogP contribution in [0.15, 0.2) is 5.38 Å². The first-order chi connectivity index (χ1) is 12.2. The molecule has 26 heavy (non-hydrogen) atoms. The van der Waals surface area contributed by atoms with Crippen LogP contribution in [0.3, 0.4) is 0 Å². The second-order valence-corrected chi connectivity index (χ2v) is 7.40. The Morgan fingerprint density at radius 3 is 2.38 bits per heavy atom. The summed E-state index contributed by atoms with van der Waals surface area (Å²) in [6, 6.07) is 0. The van der Waals surface area contributed by atoms with Crippen LogP contribution >= 0.6 is 11.3 Å². The van der Waals surface area contributed by atoms with Gasteiger partial charge in [0.05, 0.1) is 33.8 Å². The Hall–Kier alpha value is -2.55. The number of carbonyl (C=O) groups excluding carboxylic acids is 3. The van der Waals surface area contributed by atoms with Crippen LogP contribution in [0.4, 0.5) is 0 Å². The average molecular weight is 374 g/mol. The van der Waals surface area contributed by atoms with Crippen molar-refractivity contribution in [2.24, 2.45) is 0 Å². The Morgan fingerprint density at radius 2 is 1.73 bits per heavy atom. The van der Waals surface area contributed by atoms with Gasteiger partial charge in [0.1, 0.15) is 11.5 Å². The van der Waals surface area contributed by atoms with Gasteiger partial charge in [0.2, 0.25) is 0 Å². The fraction of sp³-hybridized carbons (Fsp3) is 0.278. The van der Waals surface area contributed by atoms with Crippen LogP contribution in [0, 0.1) is 0 Å². The summed E-state index contributed by atoms with van der Waals surface area (Å²) in [5, 5.41) is 42.7. The molecule has 1 aromatic carbocycles. The van der Waals surface area contributed by atoms with Gasteiger partial charge in [-0.25, -0.2) is 0 Å². The molecule has 2 atom stereocenters. The number of phenolic OH excluding ortho intramolecular Hbond substituents is 2. The molecule has 0 spiro atoms. The molecule has 0 aliphatic heterocycles. The van der Waals surface area contributed by atoms with Gasteiger partial charge in [-0.1, -0.05) is 0 Å². The van der Waals surface area contributed by atoms with Crippen LogP contribution in [-0.4, -0.2) is 43.9 Å². The molecule has 2 aromatic rings. The topological polar surface area (TPSA) is 132 Å². The molecule has 1 aromatic heterocycles. The van der Waals surface area contributed by atoms with Crippen molar-refractivity contribution in [3.8, 4) is 11.5 Å². The van der Waals surface area contributed by atoms with Crippen molar-refractivity contribution in [2.45, 2.75) is 32.0 Å². The Labute approximate surface area is 151 Å². The summed E-state index contributed by atoms with van der Waals surface area (Å²) in [7, 11) is 0. The molecule has 0 saturated carbocycles. The number of carbonyl (C=O) groups is 3. The minimum absolute atomic E-state index is 0.00214. The third kappa shape index (κ3) is 2.03. The summed E-state index contributed by atoms with van der Waals surface area (Å²) in [5.74, 6) is -2.91. The van der Waals surface area contributed by atoms with Gasteiger partial charge < -0.3 is 20.4 Å². The van der Waals surface area contributed by atoms with Crippen LogP contribution < -0.4 is 0 Å². The highest BCUT2D eigenvalue weighted by Gasteiger charge is 2.42. The molecule has 1 heterocycles. The van der Waals surface area contributed by atoms with Gasteiger partial charge in [-0.15, -0.1) is 11.3 Å². The van der Waals surface area contributed by atoms with Crippen LogP contribution in [0.25, 0.3) is 0 Å². The number of thiophene rings is 1. The van der Waals surface area contributed by atoms with Gasteiger partial charge in [0, 0.05) is 34.9 Å². The van der Waals surface area contributed by atoms with Crippen molar-refractivity contribution >= 4 is 28.7 Å². The number of phenols is 2. The highest BCUT2D eigenvalue weighted by molar-refractivity contribution is 7.13. The van der Waals surface area contributed by atoms with Gasteiger partial charge in [-0.3, -0.25) is 14.4 Å². The summed E-state index contributed by atoms with van der Waals surface area (Å²) in [6.07, 6.45) is -2.36. The lowest BCUT2D eigenvalue weighted by Gasteiger charge is -2.30. The smallest absolute Gasteiger partial charge is 0.199 e. The van der Waals surface area contributed by atoms with Gasteiger partial charge in [0.25, 0.3) is 0 Å².